The molecule has 9 nitrogen and oxygen atoms in total. The number of carbonyl (C=O) groups excluding carboxylic acids is 2. The summed E-state index contributed by atoms with van der Waals surface area (Å²) in [6, 6.07) is 10.8. The third-order valence-corrected chi connectivity index (χ3v) is 3.86. The topological polar surface area (TPSA) is 111 Å². The molecular weight excluding hydrogens is 354 g/mol. The number of hydrogen-bond donors (Lipinski definition) is 1. The second-order valence-electron chi connectivity index (χ2n) is 5.66. The van der Waals surface area contributed by atoms with Crippen molar-refractivity contribution in [2.45, 2.75) is 6.92 Å². The van der Waals surface area contributed by atoms with Gasteiger partial charge in [0.15, 0.2) is 6.61 Å². The van der Waals surface area contributed by atoms with Crippen molar-refractivity contribution in [1.82, 2.24) is 0 Å². The van der Waals surface area contributed by atoms with Gasteiger partial charge in [0, 0.05) is 12.1 Å². The standard InChI is InChI=1S/C18H17N3O6/c1-2-26-15-6-4-3-5-13(15)19-17(22)10-20-14-9-12(21(24)25)7-8-16(14)27-11-18(20)23/h3-9H,2,10-11H2,1H3,(H,19,22). The number of hydrogen-bond acceptors (Lipinski definition) is 6. The zero-order valence-electron chi connectivity index (χ0n) is 14.5. The highest BCUT2D eigenvalue weighted by atomic mass is 16.6. The minimum absolute atomic E-state index is 0.189. The Morgan fingerprint density at radius 3 is 2.85 bits per heavy atom. The van der Waals surface area contributed by atoms with Gasteiger partial charge < -0.3 is 14.8 Å². The van der Waals surface area contributed by atoms with Crippen LogP contribution in [0.4, 0.5) is 17.1 Å². The van der Waals surface area contributed by atoms with Gasteiger partial charge in [-0.25, -0.2) is 0 Å². The van der Waals surface area contributed by atoms with E-state index in [0.29, 0.717) is 23.8 Å². The van der Waals surface area contributed by atoms with E-state index in [-0.39, 0.29) is 24.5 Å². The van der Waals surface area contributed by atoms with Crippen LogP contribution in [-0.2, 0) is 9.59 Å². The Bertz CT molecular complexity index is 898. The first kappa shape index (κ1) is 18.2. The zero-order valence-corrected chi connectivity index (χ0v) is 14.5. The Kier molecular flexibility index (Phi) is 5.20. The highest BCUT2D eigenvalue weighted by molar-refractivity contribution is 6.05. The van der Waals surface area contributed by atoms with Crippen LogP contribution in [0.1, 0.15) is 6.92 Å². The quantitative estimate of drug-likeness (QED) is 0.616. The Hall–Kier alpha value is -3.62. The summed E-state index contributed by atoms with van der Waals surface area (Å²) in [6.45, 7) is 1.71. The summed E-state index contributed by atoms with van der Waals surface area (Å²) in [7, 11) is 0. The summed E-state index contributed by atoms with van der Waals surface area (Å²) in [5.74, 6) is -0.105. The Morgan fingerprint density at radius 1 is 1.33 bits per heavy atom. The monoisotopic (exact) mass is 371 g/mol. The van der Waals surface area contributed by atoms with Crippen molar-refractivity contribution in [2.24, 2.45) is 0 Å². The van der Waals surface area contributed by atoms with Gasteiger partial charge in [-0.3, -0.25) is 24.6 Å². The van der Waals surface area contributed by atoms with Gasteiger partial charge in [0.05, 0.1) is 22.9 Å². The predicted octanol–water partition coefficient (Wildman–Crippen LogP) is 2.36. The molecule has 9 heteroatoms. The molecule has 2 aromatic rings. The first-order valence-electron chi connectivity index (χ1n) is 8.23. The number of para-hydroxylation sites is 2. The molecule has 0 atom stereocenters. The molecule has 140 valence electrons. The van der Waals surface area contributed by atoms with Crippen molar-refractivity contribution in [3.05, 3.63) is 52.6 Å². The van der Waals surface area contributed by atoms with E-state index >= 15 is 0 Å². The molecule has 0 aliphatic carbocycles. The third-order valence-electron chi connectivity index (χ3n) is 3.86. The fourth-order valence-electron chi connectivity index (χ4n) is 2.66. The number of nitrogens with zero attached hydrogens (tertiary/aromatic N) is 2. The average Bonchev–Trinajstić information content (AvgIpc) is 2.65. The molecule has 0 aromatic heterocycles. The van der Waals surface area contributed by atoms with E-state index in [9.17, 15) is 19.7 Å². The number of benzene rings is 2. The molecule has 3 rings (SSSR count). The molecule has 0 bridgehead atoms. The largest absolute Gasteiger partial charge is 0.492 e. The maximum absolute atomic E-state index is 12.5. The van der Waals surface area contributed by atoms with Crippen LogP contribution >= 0.6 is 0 Å². The molecule has 2 aromatic carbocycles. The van der Waals surface area contributed by atoms with Gasteiger partial charge in [0.25, 0.3) is 11.6 Å². The van der Waals surface area contributed by atoms with E-state index in [4.69, 9.17) is 9.47 Å². The number of carbonyl (C=O) groups is 2. The van der Waals surface area contributed by atoms with E-state index < -0.39 is 16.7 Å². The predicted molar refractivity (Wildman–Crippen MR) is 97.2 cm³/mol. The number of fused-ring (bicyclic) bond motifs is 1. The first-order valence-corrected chi connectivity index (χ1v) is 8.23. The van der Waals surface area contributed by atoms with Gasteiger partial charge in [-0.1, -0.05) is 12.1 Å². The summed E-state index contributed by atoms with van der Waals surface area (Å²) in [6.07, 6.45) is 0. The summed E-state index contributed by atoms with van der Waals surface area (Å²) < 4.78 is 10.7. The fourth-order valence-corrected chi connectivity index (χ4v) is 2.66. The van der Waals surface area contributed by atoms with Gasteiger partial charge in [0.2, 0.25) is 5.91 Å². The second-order valence-corrected chi connectivity index (χ2v) is 5.66. The summed E-state index contributed by atoms with van der Waals surface area (Å²) in [4.78, 5) is 36.3. The SMILES string of the molecule is CCOc1ccccc1NC(=O)CN1C(=O)COc2ccc([N+](=O)[O-])cc21. The molecule has 0 radical (unpaired) electrons. The number of ether oxygens (including phenoxy) is 2. The summed E-state index contributed by atoms with van der Waals surface area (Å²) in [5.41, 5.74) is 0.470. The number of rotatable bonds is 6. The van der Waals surface area contributed by atoms with Crippen LogP contribution in [0.3, 0.4) is 0 Å². The molecule has 1 aliphatic heterocycles. The molecule has 27 heavy (non-hydrogen) atoms. The van der Waals surface area contributed by atoms with E-state index in [2.05, 4.69) is 5.32 Å². The number of nitrogens with one attached hydrogen (secondary N) is 1. The second kappa shape index (κ2) is 7.73. The molecule has 0 spiro atoms. The normalized spacial score (nSPS) is 12.8. The lowest BCUT2D eigenvalue weighted by Crippen LogP contribution is -2.43. The van der Waals surface area contributed by atoms with Crippen LogP contribution in [0.15, 0.2) is 42.5 Å². The van der Waals surface area contributed by atoms with E-state index in [0.717, 1.165) is 0 Å². The molecule has 0 saturated carbocycles. The van der Waals surface area contributed by atoms with Gasteiger partial charge in [0.1, 0.15) is 18.0 Å². The highest BCUT2D eigenvalue weighted by Crippen LogP contribution is 2.35. The van der Waals surface area contributed by atoms with Crippen molar-refractivity contribution < 1.29 is 24.0 Å². The number of amides is 2. The molecule has 1 aliphatic rings. The minimum atomic E-state index is -0.573. The van der Waals surface area contributed by atoms with E-state index in [1.54, 1.807) is 24.3 Å². The zero-order chi connectivity index (χ0) is 19.4. The van der Waals surface area contributed by atoms with Crippen LogP contribution in [0.25, 0.3) is 0 Å². The maximum Gasteiger partial charge on any atom is 0.271 e. The summed E-state index contributed by atoms with van der Waals surface area (Å²) in [5, 5.41) is 13.7. The lowest BCUT2D eigenvalue weighted by atomic mass is 10.2. The van der Waals surface area contributed by atoms with Crippen LogP contribution < -0.4 is 19.7 Å². The Labute approximate surface area is 154 Å². The van der Waals surface area contributed by atoms with E-state index in [1.807, 2.05) is 6.92 Å². The molecule has 0 saturated heterocycles. The summed E-state index contributed by atoms with van der Waals surface area (Å²) >= 11 is 0. The van der Waals surface area contributed by atoms with Crippen LogP contribution in [0.2, 0.25) is 0 Å². The van der Waals surface area contributed by atoms with Crippen LogP contribution in [0, 0.1) is 10.1 Å². The molecule has 1 heterocycles. The number of non-ortho nitro benzene ring substituents is 1. The lowest BCUT2D eigenvalue weighted by Gasteiger charge is -2.28. The number of nitro groups is 1. The maximum atomic E-state index is 12.5. The molecular formula is C18H17N3O6. The average molecular weight is 371 g/mol. The van der Waals surface area contributed by atoms with E-state index in [1.165, 1.54) is 23.1 Å². The van der Waals surface area contributed by atoms with Gasteiger partial charge in [-0.15, -0.1) is 0 Å². The van der Waals surface area contributed by atoms with Gasteiger partial charge >= 0.3 is 0 Å². The van der Waals surface area contributed by atoms with Crippen LogP contribution in [-0.4, -0.2) is 36.5 Å². The molecule has 2 amide bonds. The van der Waals surface area contributed by atoms with Gasteiger partial charge in [-0.05, 0) is 25.1 Å². The van der Waals surface area contributed by atoms with Crippen molar-refractivity contribution in [1.29, 1.82) is 0 Å². The smallest absolute Gasteiger partial charge is 0.271 e. The van der Waals surface area contributed by atoms with Crippen molar-refractivity contribution >= 4 is 28.9 Å². The minimum Gasteiger partial charge on any atom is -0.492 e. The molecule has 0 fully saturated rings. The van der Waals surface area contributed by atoms with Crippen molar-refractivity contribution in [3.63, 3.8) is 0 Å². The number of anilines is 2. The van der Waals surface area contributed by atoms with Crippen molar-refractivity contribution in [2.75, 3.05) is 30.0 Å². The Morgan fingerprint density at radius 2 is 2.11 bits per heavy atom. The first-order chi connectivity index (χ1) is 13.0. The fraction of sp³-hybridized carbons (Fsp3) is 0.222. The Balaban J connectivity index is 1.81. The molecule has 1 N–H and O–H groups in total. The van der Waals surface area contributed by atoms with Crippen molar-refractivity contribution in [3.8, 4) is 11.5 Å². The third kappa shape index (κ3) is 3.97. The van der Waals surface area contributed by atoms with Crippen LogP contribution in [0.5, 0.6) is 11.5 Å². The lowest BCUT2D eigenvalue weighted by molar-refractivity contribution is -0.384. The molecule has 0 unspecified atom stereocenters. The highest BCUT2D eigenvalue weighted by Gasteiger charge is 2.29. The van der Waals surface area contributed by atoms with Gasteiger partial charge in [-0.2, -0.15) is 0 Å². The number of nitro benzene ring substituents is 1.